The molecule has 0 saturated carbocycles. The van der Waals surface area contributed by atoms with Crippen LogP contribution >= 0.6 is 0 Å². The lowest BCUT2D eigenvalue weighted by atomic mass is 9.82. The first-order valence-corrected chi connectivity index (χ1v) is 8.61. The summed E-state index contributed by atoms with van der Waals surface area (Å²) < 4.78 is 0. The van der Waals surface area contributed by atoms with E-state index in [1.165, 1.54) is 33.0 Å². The highest BCUT2D eigenvalue weighted by Crippen LogP contribution is 2.32. The van der Waals surface area contributed by atoms with Crippen LogP contribution in [0, 0.1) is 5.92 Å². The Morgan fingerprint density at radius 1 is 1.31 bits per heavy atom. The van der Waals surface area contributed by atoms with Gasteiger partial charge in [-0.05, 0) is 18.4 Å². The van der Waals surface area contributed by atoms with Gasteiger partial charge in [0.25, 0.3) is 0 Å². The summed E-state index contributed by atoms with van der Waals surface area (Å²) in [5.74, 6) is -3.98. The van der Waals surface area contributed by atoms with E-state index in [0.717, 1.165) is 17.7 Å². The second-order valence-electron chi connectivity index (χ2n) is 6.72. The Morgan fingerprint density at radius 2 is 1.92 bits per heavy atom. The molecule has 3 N–H and O–H groups in total. The Kier molecular flexibility index (Phi) is 7.32. The molecule has 2 unspecified atom stereocenters. The van der Waals surface area contributed by atoms with E-state index in [1.807, 2.05) is 13.0 Å². The van der Waals surface area contributed by atoms with Gasteiger partial charge >= 0.3 is 5.97 Å². The molecule has 1 heterocycles. The van der Waals surface area contributed by atoms with Gasteiger partial charge in [0, 0.05) is 13.5 Å². The first-order chi connectivity index (χ1) is 12.1. The number of carbonyl (C=O) groups is 3. The minimum absolute atomic E-state index is 0.394. The molecule has 1 aliphatic rings. The lowest BCUT2D eigenvalue weighted by Crippen LogP contribution is -2.50. The van der Waals surface area contributed by atoms with E-state index in [4.69, 9.17) is 0 Å². The van der Waals surface area contributed by atoms with Gasteiger partial charge in [-0.3, -0.25) is 9.59 Å². The fraction of sp³-hybridized carbons (Fsp3) is 0.526. The van der Waals surface area contributed by atoms with E-state index >= 15 is 0 Å². The summed E-state index contributed by atoms with van der Waals surface area (Å²) in [6, 6.07) is -1.12. The fourth-order valence-electron chi connectivity index (χ4n) is 2.67. The van der Waals surface area contributed by atoms with Crippen molar-refractivity contribution >= 4 is 17.5 Å². The molecule has 26 heavy (non-hydrogen) atoms. The number of Topliss-reactive ketones (excluding diaryl/α,β-unsaturated/α-hetero) is 1. The van der Waals surface area contributed by atoms with Gasteiger partial charge in [0.2, 0.25) is 5.88 Å². The van der Waals surface area contributed by atoms with E-state index in [0.29, 0.717) is 0 Å². The molecular weight excluding hydrogens is 338 g/mol. The molecule has 0 aromatic heterocycles. The third-order valence-corrected chi connectivity index (χ3v) is 4.60. The minimum Gasteiger partial charge on any atom is -0.494 e. The van der Waals surface area contributed by atoms with Crippen molar-refractivity contribution in [2.45, 2.75) is 51.7 Å². The minimum atomic E-state index is -2.15. The topological polar surface area (TPSA) is 115 Å². The maximum atomic E-state index is 12.6. The van der Waals surface area contributed by atoms with Crippen molar-refractivity contribution < 1.29 is 29.7 Å². The van der Waals surface area contributed by atoms with Crippen molar-refractivity contribution in [1.82, 2.24) is 4.90 Å². The van der Waals surface area contributed by atoms with Gasteiger partial charge in [-0.15, -0.1) is 0 Å². The Bertz CT molecular complexity index is 661. The van der Waals surface area contributed by atoms with Crippen LogP contribution in [0.3, 0.4) is 0 Å². The predicted molar refractivity (Wildman–Crippen MR) is 96.4 cm³/mol. The third kappa shape index (κ3) is 4.40. The second kappa shape index (κ2) is 8.80. The van der Waals surface area contributed by atoms with Crippen molar-refractivity contribution in [3.05, 3.63) is 35.8 Å². The number of aliphatic hydroxyl groups excluding tert-OH is 1. The molecule has 0 aromatic rings. The SMILES string of the molecule is CCC/C=C/C=C/C(=O)C1=C(O)N(C)C(CC(O)(C(=O)O)C(C)C)C1=O. The Balaban J connectivity index is 3.01. The van der Waals surface area contributed by atoms with E-state index in [9.17, 15) is 29.7 Å². The van der Waals surface area contributed by atoms with Crippen LogP contribution in [0.1, 0.15) is 40.0 Å². The number of unbranched alkanes of at least 4 members (excludes halogenated alkanes) is 1. The van der Waals surface area contributed by atoms with E-state index < -0.39 is 53.0 Å². The molecule has 0 spiro atoms. The highest BCUT2D eigenvalue weighted by atomic mass is 16.4. The molecule has 0 radical (unpaired) electrons. The van der Waals surface area contributed by atoms with Crippen molar-refractivity contribution in [3.8, 4) is 0 Å². The lowest BCUT2D eigenvalue weighted by Gasteiger charge is -2.32. The van der Waals surface area contributed by atoms with E-state index in [1.54, 1.807) is 6.08 Å². The molecule has 1 aliphatic heterocycles. The molecule has 2 atom stereocenters. The maximum Gasteiger partial charge on any atom is 0.336 e. The van der Waals surface area contributed by atoms with Crippen LogP contribution in [0.25, 0.3) is 0 Å². The summed E-state index contributed by atoms with van der Waals surface area (Å²) in [6.07, 6.45) is 7.62. The van der Waals surface area contributed by atoms with Crippen molar-refractivity contribution in [2.24, 2.45) is 5.92 Å². The van der Waals surface area contributed by atoms with Crippen LogP contribution in [0.2, 0.25) is 0 Å². The van der Waals surface area contributed by atoms with Gasteiger partial charge in [-0.2, -0.15) is 0 Å². The van der Waals surface area contributed by atoms with Crippen LogP contribution < -0.4 is 0 Å². The fourth-order valence-corrected chi connectivity index (χ4v) is 2.67. The van der Waals surface area contributed by atoms with Gasteiger partial charge in [0.15, 0.2) is 17.2 Å². The van der Waals surface area contributed by atoms with E-state index in [2.05, 4.69) is 0 Å². The maximum absolute atomic E-state index is 12.6. The number of hydrogen-bond donors (Lipinski definition) is 3. The molecule has 0 saturated heterocycles. The first kappa shape index (κ1) is 21.6. The van der Waals surface area contributed by atoms with Gasteiger partial charge in [0.05, 0.1) is 6.04 Å². The summed E-state index contributed by atoms with van der Waals surface area (Å²) in [4.78, 5) is 37.4. The molecule has 1 rings (SSSR count). The second-order valence-corrected chi connectivity index (χ2v) is 6.72. The number of carboxylic acid groups (broad SMARTS) is 1. The molecule has 0 bridgehead atoms. The highest BCUT2D eigenvalue weighted by molar-refractivity contribution is 6.27. The average molecular weight is 365 g/mol. The number of carboxylic acids is 1. The Labute approximate surface area is 153 Å². The zero-order valence-electron chi connectivity index (χ0n) is 15.6. The summed E-state index contributed by atoms with van der Waals surface area (Å²) >= 11 is 0. The number of likely N-dealkylation sites (N-methyl/N-ethyl adjacent to an activating group) is 1. The molecular formula is C19H27NO6. The van der Waals surface area contributed by atoms with Crippen molar-refractivity contribution in [2.75, 3.05) is 7.05 Å². The van der Waals surface area contributed by atoms with E-state index in [-0.39, 0.29) is 0 Å². The van der Waals surface area contributed by atoms with Crippen molar-refractivity contribution in [1.29, 1.82) is 0 Å². The number of ketones is 2. The number of carbonyl (C=O) groups excluding carboxylic acids is 2. The van der Waals surface area contributed by atoms with Crippen LogP contribution in [0.15, 0.2) is 35.8 Å². The molecule has 0 amide bonds. The number of allylic oxidation sites excluding steroid dienone is 4. The summed E-state index contributed by atoms with van der Waals surface area (Å²) in [5, 5.41) is 29.9. The number of nitrogens with zero attached hydrogens (tertiary/aromatic N) is 1. The summed E-state index contributed by atoms with van der Waals surface area (Å²) in [7, 11) is 1.38. The quantitative estimate of drug-likeness (QED) is 0.325. The Hall–Kier alpha value is -2.41. The first-order valence-electron chi connectivity index (χ1n) is 8.61. The van der Waals surface area contributed by atoms with Crippen LogP contribution in [-0.4, -0.2) is 56.4 Å². The van der Waals surface area contributed by atoms with Crippen LogP contribution in [0.4, 0.5) is 0 Å². The molecule has 0 aliphatic carbocycles. The molecule has 0 aromatic carbocycles. The summed E-state index contributed by atoms with van der Waals surface area (Å²) in [5.41, 5.74) is -2.54. The van der Waals surface area contributed by atoms with Crippen LogP contribution in [-0.2, 0) is 14.4 Å². The van der Waals surface area contributed by atoms with Gasteiger partial charge in [-0.1, -0.05) is 45.4 Å². The van der Waals surface area contributed by atoms with Gasteiger partial charge in [-0.25, -0.2) is 4.79 Å². The number of aliphatic hydroxyl groups is 2. The molecule has 0 fully saturated rings. The zero-order valence-corrected chi connectivity index (χ0v) is 15.6. The monoisotopic (exact) mass is 365 g/mol. The number of hydrogen-bond acceptors (Lipinski definition) is 6. The summed E-state index contributed by atoms with van der Waals surface area (Å²) in [6.45, 7) is 5.07. The highest BCUT2D eigenvalue weighted by Gasteiger charge is 2.49. The van der Waals surface area contributed by atoms with Crippen LogP contribution in [0.5, 0.6) is 0 Å². The number of rotatable bonds is 9. The van der Waals surface area contributed by atoms with Crippen molar-refractivity contribution in [3.63, 3.8) is 0 Å². The van der Waals surface area contributed by atoms with Gasteiger partial charge < -0.3 is 20.2 Å². The molecule has 7 heteroatoms. The normalized spacial score (nSPS) is 20.6. The number of aliphatic carboxylic acids is 1. The van der Waals surface area contributed by atoms with Gasteiger partial charge in [0.1, 0.15) is 5.57 Å². The third-order valence-electron chi connectivity index (χ3n) is 4.60. The largest absolute Gasteiger partial charge is 0.494 e. The lowest BCUT2D eigenvalue weighted by molar-refractivity contribution is -0.166. The standard InChI is InChI=1S/C19H27NO6/c1-5-6-7-8-9-10-14(21)15-16(22)13(20(4)17(15)23)11-19(26,12(2)3)18(24)25/h7-10,12-13,23,26H,5-6,11H2,1-4H3,(H,24,25)/b8-7+,10-9+. The Morgan fingerprint density at radius 3 is 2.42 bits per heavy atom. The predicted octanol–water partition coefficient (Wildman–Crippen LogP) is 1.98. The molecule has 7 nitrogen and oxygen atoms in total. The zero-order chi connectivity index (χ0) is 20.1. The molecule has 144 valence electrons. The average Bonchev–Trinajstić information content (AvgIpc) is 2.77. The smallest absolute Gasteiger partial charge is 0.336 e.